The third kappa shape index (κ3) is 4.29. The standard InChI is InChI=1S/C17H12F3NO2/c18-17(19,20)16(23)21(14-9-5-2-6-10-14)12-11-15(22)13-7-3-1-4-8-13/h1-12H/b12-11+. The number of ketones is 1. The Kier molecular flexibility index (Phi) is 4.95. The third-order valence-electron chi connectivity index (χ3n) is 2.93. The molecule has 23 heavy (non-hydrogen) atoms. The van der Waals surface area contributed by atoms with E-state index in [9.17, 15) is 22.8 Å². The Labute approximate surface area is 130 Å². The van der Waals surface area contributed by atoms with Crippen LogP contribution < -0.4 is 4.90 Å². The van der Waals surface area contributed by atoms with Gasteiger partial charge >= 0.3 is 12.1 Å². The van der Waals surface area contributed by atoms with Gasteiger partial charge in [-0.25, -0.2) is 0 Å². The Morgan fingerprint density at radius 1 is 0.870 bits per heavy atom. The number of para-hydroxylation sites is 1. The second-order valence-corrected chi connectivity index (χ2v) is 4.55. The lowest BCUT2D eigenvalue weighted by atomic mass is 10.1. The Morgan fingerprint density at radius 2 is 1.39 bits per heavy atom. The summed E-state index contributed by atoms with van der Waals surface area (Å²) in [6.07, 6.45) is -3.28. The minimum atomic E-state index is -5.05. The van der Waals surface area contributed by atoms with E-state index in [2.05, 4.69) is 0 Å². The molecule has 118 valence electrons. The Morgan fingerprint density at radius 3 is 1.91 bits per heavy atom. The molecule has 0 radical (unpaired) electrons. The summed E-state index contributed by atoms with van der Waals surface area (Å²) in [6.45, 7) is 0. The molecule has 1 amide bonds. The van der Waals surface area contributed by atoms with Crippen molar-refractivity contribution in [3.05, 3.63) is 78.5 Å². The number of halogens is 3. The molecule has 2 rings (SSSR count). The fourth-order valence-electron chi connectivity index (χ4n) is 1.84. The van der Waals surface area contributed by atoms with Crippen molar-refractivity contribution in [2.45, 2.75) is 6.18 Å². The molecule has 0 aliphatic rings. The quantitative estimate of drug-likeness (QED) is 0.631. The van der Waals surface area contributed by atoms with E-state index in [0.29, 0.717) is 10.5 Å². The predicted octanol–water partition coefficient (Wildman–Crippen LogP) is 3.98. The van der Waals surface area contributed by atoms with Gasteiger partial charge in [0.1, 0.15) is 0 Å². The maximum Gasteiger partial charge on any atom is 0.472 e. The topological polar surface area (TPSA) is 37.4 Å². The minimum absolute atomic E-state index is 0.0203. The van der Waals surface area contributed by atoms with Gasteiger partial charge in [-0.3, -0.25) is 14.5 Å². The van der Waals surface area contributed by atoms with Crippen LogP contribution in [-0.4, -0.2) is 17.9 Å². The molecule has 2 aromatic carbocycles. The number of carbonyl (C=O) groups is 2. The Balaban J connectivity index is 2.30. The summed E-state index contributed by atoms with van der Waals surface area (Å²) in [5.74, 6) is -2.57. The average Bonchev–Trinajstić information content (AvgIpc) is 2.55. The number of hydrogen-bond donors (Lipinski definition) is 0. The molecular formula is C17H12F3NO2. The molecule has 0 unspecified atom stereocenters. The first kappa shape index (κ1) is 16.5. The number of alkyl halides is 3. The fourth-order valence-corrected chi connectivity index (χ4v) is 1.84. The first-order valence-electron chi connectivity index (χ1n) is 6.62. The molecular weight excluding hydrogens is 307 g/mol. The third-order valence-corrected chi connectivity index (χ3v) is 2.93. The van der Waals surface area contributed by atoms with Crippen molar-refractivity contribution in [3.8, 4) is 0 Å². The smallest absolute Gasteiger partial charge is 0.289 e. The highest BCUT2D eigenvalue weighted by Crippen LogP contribution is 2.24. The molecule has 0 saturated carbocycles. The summed E-state index contributed by atoms with van der Waals surface area (Å²) in [5.41, 5.74) is 0.336. The van der Waals surface area contributed by atoms with Crippen molar-refractivity contribution in [2.24, 2.45) is 0 Å². The van der Waals surface area contributed by atoms with Crippen LogP contribution in [0.4, 0.5) is 18.9 Å². The number of hydrogen-bond acceptors (Lipinski definition) is 2. The number of anilines is 1. The molecule has 6 heteroatoms. The highest BCUT2D eigenvalue weighted by Gasteiger charge is 2.42. The number of allylic oxidation sites excluding steroid dienone is 1. The van der Waals surface area contributed by atoms with Gasteiger partial charge in [0.2, 0.25) is 0 Å². The van der Waals surface area contributed by atoms with Crippen LogP contribution in [0, 0.1) is 0 Å². The number of amides is 1. The predicted molar refractivity (Wildman–Crippen MR) is 79.9 cm³/mol. The van der Waals surface area contributed by atoms with Crippen molar-refractivity contribution in [3.63, 3.8) is 0 Å². The highest BCUT2D eigenvalue weighted by molar-refractivity contribution is 6.06. The summed E-state index contributed by atoms with van der Waals surface area (Å²) < 4.78 is 38.2. The molecule has 2 aromatic rings. The molecule has 0 aromatic heterocycles. The second-order valence-electron chi connectivity index (χ2n) is 4.55. The molecule has 0 heterocycles. The van der Waals surface area contributed by atoms with Gasteiger partial charge < -0.3 is 0 Å². The lowest BCUT2D eigenvalue weighted by Crippen LogP contribution is -2.37. The van der Waals surface area contributed by atoms with Gasteiger partial charge in [0, 0.05) is 23.5 Å². The van der Waals surface area contributed by atoms with Crippen molar-refractivity contribution in [1.82, 2.24) is 0 Å². The van der Waals surface area contributed by atoms with E-state index in [1.54, 1.807) is 24.3 Å². The van der Waals surface area contributed by atoms with E-state index in [1.165, 1.54) is 36.4 Å². The number of carbonyl (C=O) groups excluding carboxylic acids is 2. The first-order chi connectivity index (χ1) is 10.9. The molecule has 0 saturated heterocycles. The van der Waals surface area contributed by atoms with E-state index in [4.69, 9.17) is 0 Å². The van der Waals surface area contributed by atoms with Crippen LogP contribution in [0.15, 0.2) is 72.9 Å². The number of nitrogens with zero attached hydrogens (tertiary/aromatic N) is 1. The van der Waals surface area contributed by atoms with Gasteiger partial charge in [0.15, 0.2) is 5.78 Å². The van der Waals surface area contributed by atoms with Crippen molar-refractivity contribution in [2.75, 3.05) is 4.90 Å². The Hall–Kier alpha value is -2.89. The van der Waals surface area contributed by atoms with E-state index < -0.39 is 17.9 Å². The normalized spacial score (nSPS) is 11.4. The van der Waals surface area contributed by atoms with Crippen LogP contribution in [0.2, 0.25) is 0 Å². The van der Waals surface area contributed by atoms with Crippen molar-refractivity contribution in [1.29, 1.82) is 0 Å². The first-order valence-corrected chi connectivity index (χ1v) is 6.62. The van der Waals surface area contributed by atoms with Gasteiger partial charge in [-0.1, -0.05) is 48.5 Å². The summed E-state index contributed by atoms with van der Waals surface area (Å²) in [7, 11) is 0. The highest BCUT2D eigenvalue weighted by atomic mass is 19.4. The van der Waals surface area contributed by atoms with Crippen molar-refractivity contribution >= 4 is 17.4 Å². The second kappa shape index (κ2) is 6.91. The van der Waals surface area contributed by atoms with Gasteiger partial charge in [0.25, 0.3) is 0 Å². The zero-order valence-electron chi connectivity index (χ0n) is 11.8. The number of rotatable bonds is 4. The maximum absolute atomic E-state index is 12.7. The van der Waals surface area contributed by atoms with E-state index >= 15 is 0 Å². The van der Waals surface area contributed by atoms with Crippen LogP contribution in [0.3, 0.4) is 0 Å². The lowest BCUT2D eigenvalue weighted by Gasteiger charge is -2.19. The van der Waals surface area contributed by atoms with Crippen LogP contribution in [0.25, 0.3) is 0 Å². The molecule has 0 spiro atoms. The fraction of sp³-hybridized carbons (Fsp3) is 0.0588. The summed E-state index contributed by atoms with van der Waals surface area (Å²) in [4.78, 5) is 23.9. The van der Waals surface area contributed by atoms with Crippen LogP contribution in [0.1, 0.15) is 10.4 Å². The molecule has 0 bridgehead atoms. The largest absolute Gasteiger partial charge is 0.472 e. The lowest BCUT2D eigenvalue weighted by molar-refractivity contribution is -0.169. The maximum atomic E-state index is 12.7. The van der Waals surface area contributed by atoms with Crippen LogP contribution in [-0.2, 0) is 4.79 Å². The molecule has 3 nitrogen and oxygen atoms in total. The monoisotopic (exact) mass is 319 g/mol. The van der Waals surface area contributed by atoms with E-state index in [0.717, 1.165) is 12.3 Å². The summed E-state index contributed by atoms with van der Waals surface area (Å²) in [6, 6.07) is 15.4. The summed E-state index contributed by atoms with van der Waals surface area (Å²) in [5, 5.41) is 0. The molecule has 0 aliphatic carbocycles. The van der Waals surface area contributed by atoms with Gasteiger partial charge in [0.05, 0.1) is 0 Å². The zero-order chi connectivity index (χ0) is 16.9. The van der Waals surface area contributed by atoms with Gasteiger partial charge in [-0.15, -0.1) is 0 Å². The molecule has 0 aliphatic heterocycles. The van der Waals surface area contributed by atoms with E-state index in [-0.39, 0.29) is 5.69 Å². The Bertz CT molecular complexity index is 710. The number of benzene rings is 2. The minimum Gasteiger partial charge on any atom is -0.289 e. The van der Waals surface area contributed by atoms with Crippen LogP contribution in [0.5, 0.6) is 0 Å². The molecule has 0 fully saturated rings. The average molecular weight is 319 g/mol. The van der Waals surface area contributed by atoms with E-state index in [1.807, 2.05) is 0 Å². The van der Waals surface area contributed by atoms with Gasteiger partial charge in [-0.05, 0) is 12.1 Å². The van der Waals surface area contributed by atoms with Crippen LogP contribution >= 0.6 is 0 Å². The molecule has 0 N–H and O–H groups in total. The summed E-state index contributed by atoms with van der Waals surface area (Å²) >= 11 is 0. The van der Waals surface area contributed by atoms with Gasteiger partial charge in [-0.2, -0.15) is 13.2 Å². The zero-order valence-corrected chi connectivity index (χ0v) is 11.8. The van der Waals surface area contributed by atoms with Crippen molar-refractivity contribution < 1.29 is 22.8 Å². The molecule has 0 atom stereocenters. The SMILES string of the molecule is O=C(/C=C/N(C(=O)C(F)(F)F)c1ccccc1)c1ccccc1.